The molecule has 0 saturated carbocycles. The second-order valence-electron chi connectivity index (χ2n) is 14.6. The molecule has 0 radical (unpaired) electrons. The molecule has 11 aromatic rings. The van der Waals surface area contributed by atoms with Crippen LogP contribution in [-0.2, 0) is 14.1 Å². The van der Waals surface area contributed by atoms with E-state index in [0.717, 1.165) is 0 Å². The van der Waals surface area contributed by atoms with Crippen LogP contribution in [-0.4, -0.2) is 9.13 Å². The highest BCUT2D eigenvalue weighted by atomic mass is 14.9. The molecule has 0 aliphatic carbocycles. The molecule has 2 aromatic heterocycles. The topological polar surface area (TPSA) is 9.86 Å². The summed E-state index contributed by atoms with van der Waals surface area (Å²) in [5, 5.41) is 10.2. The van der Waals surface area contributed by atoms with Gasteiger partial charge >= 0.3 is 0 Å². The molecule has 0 aliphatic heterocycles. The molecule has 2 heterocycles. The Morgan fingerprint density at radius 1 is 0.259 bits per heavy atom. The lowest BCUT2D eigenvalue weighted by molar-refractivity contribution is 1.01. The lowest BCUT2D eigenvalue weighted by Gasteiger charge is -2.18. The molecule has 9 aromatic carbocycles. The van der Waals surface area contributed by atoms with Crippen LogP contribution in [0.2, 0.25) is 0 Å². The minimum atomic E-state index is 1.22. The number of benzene rings is 9. The van der Waals surface area contributed by atoms with E-state index in [1.165, 1.54) is 110 Å². The van der Waals surface area contributed by atoms with Gasteiger partial charge in [0.25, 0.3) is 0 Å². The van der Waals surface area contributed by atoms with E-state index >= 15 is 0 Å². The van der Waals surface area contributed by atoms with Crippen molar-refractivity contribution in [1.29, 1.82) is 0 Å². The molecule has 0 fully saturated rings. The van der Waals surface area contributed by atoms with Gasteiger partial charge in [0, 0.05) is 57.7 Å². The number of fused-ring (bicyclic) bond motifs is 8. The summed E-state index contributed by atoms with van der Waals surface area (Å²) in [5.74, 6) is 0. The van der Waals surface area contributed by atoms with Crippen molar-refractivity contribution in [3.8, 4) is 44.5 Å². The van der Waals surface area contributed by atoms with Gasteiger partial charge in [0.2, 0.25) is 0 Å². The van der Waals surface area contributed by atoms with Gasteiger partial charge in [-0.05, 0) is 109 Å². The summed E-state index contributed by atoms with van der Waals surface area (Å²) in [7, 11) is 4.34. The number of aryl methyl sites for hydroxylation is 2. The Morgan fingerprint density at radius 3 is 1.20 bits per heavy atom. The van der Waals surface area contributed by atoms with Gasteiger partial charge in [-0.2, -0.15) is 0 Å². The standard InChI is InChI=1S/C52H36N2/c1-53-48-20-8-6-14-40(48)46-30-36(26-28-50(46)53)38-16-10-18-42-44(38)32-45-39(37-27-29-51-47(31-37)41-15-7-9-21-49(41)54(51)2)17-11-19-43(45)52(42)35-24-22-34(23-25-35)33-12-4-3-5-13-33/h3-32H,1-2H3. The fraction of sp³-hybridized carbons (Fsp3) is 0.0385. The molecule has 0 amide bonds. The van der Waals surface area contributed by atoms with Crippen LogP contribution >= 0.6 is 0 Å². The van der Waals surface area contributed by atoms with Crippen molar-refractivity contribution < 1.29 is 0 Å². The Balaban J connectivity index is 1.20. The van der Waals surface area contributed by atoms with E-state index in [1.807, 2.05) is 0 Å². The summed E-state index contributed by atoms with van der Waals surface area (Å²) in [5.41, 5.74) is 14.9. The molecule has 0 unspecified atom stereocenters. The third-order valence-electron chi connectivity index (χ3n) is 11.8. The molecular formula is C52H36N2. The maximum atomic E-state index is 2.46. The van der Waals surface area contributed by atoms with Crippen molar-refractivity contribution in [2.75, 3.05) is 0 Å². The second-order valence-corrected chi connectivity index (χ2v) is 14.6. The number of hydrogen-bond acceptors (Lipinski definition) is 0. The molecule has 2 heteroatoms. The van der Waals surface area contributed by atoms with E-state index in [1.54, 1.807) is 0 Å². The van der Waals surface area contributed by atoms with Gasteiger partial charge in [0.15, 0.2) is 0 Å². The van der Waals surface area contributed by atoms with Crippen LogP contribution in [0, 0.1) is 0 Å². The monoisotopic (exact) mass is 688 g/mol. The molecule has 0 bridgehead atoms. The molecule has 254 valence electrons. The van der Waals surface area contributed by atoms with E-state index in [9.17, 15) is 0 Å². The highest BCUT2D eigenvalue weighted by molar-refractivity contribution is 6.20. The predicted molar refractivity (Wildman–Crippen MR) is 231 cm³/mol. The zero-order chi connectivity index (χ0) is 35.9. The Morgan fingerprint density at radius 2 is 0.667 bits per heavy atom. The van der Waals surface area contributed by atoms with E-state index < -0.39 is 0 Å². The normalized spacial score (nSPS) is 11.9. The Kier molecular flexibility index (Phi) is 6.72. The molecular weight excluding hydrogens is 653 g/mol. The highest BCUT2D eigenvalue weighted by Gasteiger charge is 2.18. The van der Waals surface area contributed by atoms with Crippen molar-refractivity contribution in [2.24, 2.45) is 14.1 Å². The van der Waals surface area contributed by atoms with Crippen LogP contribution in [0.25, 0.3) is 110 Å². The number of para-hydroxylation sites is 2. The summed E-state index contributed by atoms with van der Waals surface area (Å²) in [6.45, 7) is 0. The second kappa shape index (κ2) is 11.8. The first kappa shape index (κ1) is 30.7. The molecule has 0 aliphatic rings. The Bertz CT molecular complexity index is 3090. The Hall–Kier alpha value is -6.90. The van der Waals surface area contributed by atoms with Crippen molar-refractivity contribution in [3.63, 3.8) is 0 Å². The van der Waals surface area contributed by atoms with Crippen LogP contribution in [0.15, 0.2) is 182 Å². The van der Waals surface area contributed by atoms with Crippen molar-refractivity contribution in [1.82, 2.24) is 9.13 Å². The Labute approximate surface area is 313 Å². The zero-order valence-corrected chi connectivity index (χ0v) is 30.2. The van der Waals surface area contributed by atoms with Crippen LogP contribution in [0.5, 0.6) is 0 Å². The SMILES string of the molecule is Cn1c2ccccc2c2cc(-c3cccc4c(-c5ccc(-c6ccccc6)cc5)c5cccc(-c6ccc7c(c6)c6ccccc6n7C)c5cc34)ccc21. The quantitative estimate of drug-likeness (QED) is 0.163. The average Bonchev–Trinajstić information content (AvgIpc) is 3.69. The molecule has 0 N–H and O–H groups in total. The third kappa shape index (κ3) is 4.53. The average molecular weight is 689 g/mol. The van der Waals surface area contributed by atoms with Gasteiger partial charge in [-0.1, -0.05) is 140 Å². The first-order valence-corrected chi connectivity index (χ1v) is 18.7. The van der Waals surface area contributed by atoms with Gasteiger partial charge < -0.3 is 9.13 Å². The summed E-state index contributed by atoms with van der Waals surface area (Å²) in [6, 6.07) is 67.4. The summed E-state index contributed by atoms with van der Waals surface area (Å²) >= 11 is 0. The first-order chi connectivity index (χ1) is 26.6. The van der Waals surface area contributed by atoms with Crippen LogP contribution < -0.4 is 0 Å². The minimum absolute atomic E-state index is 1.22. The predicted octanol–water partition coefficient (Wildman–Crippen LogP) is 14.0. The maximum absolute atomic E-state index is 2.46. The van der Waals surface area contributed by atoms with E-state index in [-0.39, 0.29) is 0 Å². The minimum Gasteiger partial charge on any atom is -0.344 e. The van der Waals surface area contributed by atoms with E-state index in [2.05, 4.69) is 205 Å². The van der Waals surface area contributed by atoms with Gasteiger partial charge in [-0.3, -0.25) is 0 Å². The molecule has 11 rings (SSSR count). The third-order valence-corrected chi connectivity index (χ3v) is 11.8. The van der Waals surface area contributed by atoms with Crippen molar-refractivity contribution in [2.45, 2.75) is 0 Å². The summed E-state index contributed by atoms with van der Waals surface area (Å²) in [4.78, 5) is 0. The van der Waals surface area contributed by atoms with Crippen LogP contribution in [0.1, 0.15) is 0 Å². The smallest absolute Gasteiger partial charge is 0.0489 e. The molecule has 54 heavy (non-hydrogen) atoms. The van der Waals surface area contributed by atoms with Gasteiger partial charge in [0.05, 0.1) is 0 Å². The van der Waals surface area contributed by atoms with Gasteiger partial charge in [-0.25, -0.2) is 0 Å². The molecule has 0 atom stereocenters. The molecule has 0 spiro atoms. The zero-order valence-electron chi connectivity index (χ0n) is 30.2. The van der Waals surface area contributed by atoms with E-state index in [4.69, 9.17) is 0 Å². The highest BCUT2D eigenvalue weighted by Crippen LogP contribution is 2.45. The maximum Gasteiger partial charge on any atom is 0.0489 e. The molecule has 0 saturated heterocycles. The summed E-state index contributed by atoms with van der Waals surface area (Å²) < 4.78 is 4.61. The van der Waals surface area contributed by atoms with Crippen molar-refractivity contribution >= 4 is 65.2 Å². The van der Waals surface area contributed by atoms with E-state index in [0.29, 0.717) is 0 Å². The van der Waals surface area contributed by atoms with Crippen molar-refractivity contribution in [3.05, 3.63) is 182 Å². The number of hydrogen-bond donors (Lipinski definition) is 0. The van der Waals surface area contributed by atoms with Crippen LogP contribution in [0.3, 0.4) is 0 Å². The fourth-order valence-corrected chi connectivity index (χ4v) is 9.11. The van der Waals surface area contributed by atoms with Gasteiger partial charge in [-0.15, -0.1) is 0 Å². The first-order valence-electron chi connectivity index (χ1n) is 18.7. The lowest BCUT2D eigenvalue weighted by Crippen LogP contribution is -1.91. The number of aromatic nitrogens is 2. The fourth-order valence-electron chi connectivity index (χ4n) is 9.11. The lowest BCUT2D eigenvalue weighted by atomic mass is 9.86. The van der Waals surface area contributed by atoms with Gasteiger partial charge in [0.1, 0.15) is 0 Å². The summed E-state index contributed by atoms with van der Waals surface area (Å²) in [6.07, 6.45) is 0. The van der Waals surface area contributed by atoms with Crippen LogP contribution in [0.4, 0.5) is 0 Å². The number of nitrogens with zero attached hydrogens (tertiary/aromatic N) is 2. The number of rotatable bonds is 4. The molecule has 2 nitrogen and oxygen atoms in total. The largest absolute Gasteiger partial charge is 0.344 e.